The molecule has 0 spiro atoms. The van der Waals surface area contributed by atoms with Crippen LogP contribution >= 0.6 is 0 Å². The van der Waals surface area contributed by atoms with Gasteiger partial charge in [-0.2, -0.15) is 0 Å². The van der Waals surface area contributed by atoms with Crippen LogP contribution in [0.1, 0.15) is 74.7 Å². The van der Waals surface area contributed by atoms with Crippen LogP contribution in [0.4, 0.5) is 0 Å². The Hall–Kier alpha value is -1.46. The number of benzene rings is 1. The summed E-state index contributed by atoms with van der Waals surface area (Å²) < 4.78 is 10.7. The van der Waals surface area contributed by atoms with Crippen molar-refractivity contribution in [1.82, 2.24) is 16.0 Å². The second-order valence-electron chi connectivity index (χ2n) is 10.1. The molecule has 0 aliphatic heterocycles. The van der Waals surface area contributed by atoms with E-state index in [1.165, 1.54) is 0 Å². The average molecular weight is 534 g/mol. The van der Waals surface area contributed by atoms with E-state index in [2.05, 4.69) is 50.6 Å². The summed E-state index contributed by atoms with van der Waals surface area (Å²) in [7, 11) is 1.62. The van der Waals surface area contributed by atoms with Crippen LogP contribution in [0.2, 0.25) is 0 Å². The fourth-order valence-electron chi connectivity index (χ4n) is 2.47. The molecule has 0 aliphatic carbocycles. The van der Waals surface area contributed by atoms with Crippen LogP contribution in [-0.2, 0) is 0 Å². The van der Waals surface area contributed by atoms with Crippen molar-refractivity contribution in [3.63, 3.8) is 0 Å². The van der Waals surface area contributed by atoms with Crippen LogP contribution in [0.25, 0.3) is 0 Å². The molecule has 0 aliphatic rings. The van der Waals surface area contributed by atoms with Crippen LogP contribution in [0, 0.1) is 0 Å². The highest BCUT2D eigenvalue weighted by molar-refractivity contribution is 5.39. The molecule has 0 amide bonds. The third kappa shape index (κ3) is 27.4. The first-order chi connectivity index (χ1) is 16.9. The molecule has 0 aromatic heterocycles. The molecular weight excluding hydrogens is 474 g/mol. The Kier molecular flexibility index (Phi) is 26.9. The molecule has 0 saturated heterocycles. The summed E-state index contributed by atoms with van der Waals surface area (Å²) >= 11 is 0. The molecule has 0 fully saturated rings. The van der Waals surface area contributed by atoms with E-state index in [0.717, 1.165) is 30.8 Å². The van der Waals surface area contributed by atoms with Crippen LogP contribution in [0.5, 0.6) is 11.5 Å². The highest BCUT2D eigenvalue weighted by Crippen LogP contribution is 2.25. The van der Waals surface area contributed by atoms with E-state index in [-0.39, 0.29) is 29.3 Å². The molecule has 1 aromatic rings. The molecular formula is C28H59N3O6. The van der Waals surface area contributed by atoms with Gasteiger partial charge in [0.25, 0.3) is 0 Å². The van der Waals surface area contributed by atoms with Gasteiger partial charge in [-0.05, 0) is 52.2 Å². The Morgan fingerprint density at radius 3 is 1.76 bits per heavy atom. The molecule has 37 heavy (non-hydrogen) atoms. The van der Waals surface area contributed by atoms with E-state index < -0.39 is 0 Å². The van der Waals surface area contributed by atoms with Crippen molar-refractivity contribution < 1.29 is 30.3 Å². The number of aliphatic hydroxyl groups is 3. The number of hydrogen-bond donors (Lipinski definition) is 6. The topological polar surface area (TPSA) is 147 Å². The number of para-hydroxylation sites is 2. The Morgan fingerprint density at radius 2 is 1.30 bits per heavy atom. The quantitative estimate of drug-likeness (QED) is 0.189. The van der Waals surface area contributed by atoms with Gasteiger partial charge in [-0.3, -0.25) is 0 Å². The van der Waals surface area contributed by atoms with Gasteiger partial charge < -0.3 is 46.2 Å². The first-order valence-electron chi connectivity index (χ1n) is 13.4. The lowest BCUT2D eigenvalue weighted by molar-refractivity contribution is 0.157. The van der Waals surface area contributed by atoms with Crippen LogP contribution in [-0.4, -0.2) is 90.6 Å². The average Bonchev–Trinajstić information content (AvgIpc) is 2.85. The number of aliphatic hydroxyl groups excluding tert-OH is 3. The SMILES string of the molecule is CCC(O)CNC(C)(C)C.CCC(O)CNC(C)C.CCC(O)CNCCOc1ccccc1OC.O. The third-order valence-corrected chi connectivity index (χ3v) is 5.03. The second kappa shape index (κ2) is 24.9. The smallest absolute Gasteiger partial charge is 0.161 e. The highest BCUT2D eigenvalue weighted by atomic mass is 16.5. The van der Waals surface area contributed by atoms with E-state index in [1.807, 2.05) is 45.0 Å². The molecule has 0 bridgehead atoms. The van der Waals surface area contributed by atoms with Gasteiger partial charge in [0, 0.05) is 37.8 Å². The van der Waals surface area contributed by atoms with Crippen LogP contribution < -0.4 is 25.4 Å². The Bertz CT molecular complexity index is 614. The molecule has 3 unspecified atom stereocenters. The van der Waals surface area contributed by atoms with Gasteiger partial charge in [-0.15, -0.1) is 0 Å². The van der Waals surface area contributed by atoms with Gasteiger partial charge in [0.15, 0.2) is 11.5 Å². The maximum absolute atomic E-state index is 9.33. The summed E-state index contributed by atoms with van der Waals surface area (Å²) in [6.07, 6.45) is 1.77. The summed E-state index contributed by atoms with van der Waals surface area (Å²) in [5.41, 5.74) is 0.121. The first-order valence-corrected chi connectivity index (χ1v) is 13.4. The summed E-state index contributed by atoms with van der Waals surface area (Å²) in [4.78, 5) is 0. The van der Waals surface area contributed by atoms with Crippen molar-refractivity contribution >= 4 is 0 Å². The van der Waals surface area contributed by atoms with E-state index in [9.17, 15) is 5.11 Å². The van der Waals surface area contributed by atoms with Gasteiger partial charge in [0.05, 0.1) is 25.4 Å². The fourth-order valence-corrected chi connectivity index (χ4v) is 2.47. The van der Waals surface area contributed by atoms with Gasteiger partial charge in [-0.25, -0.2) is 0 Å². The zero-order valence-corrected chi connectivity index (χ0v) is 24.9. The third-order valence-electron chi connectivity index (χ3n) is 5.03. The molecule has 0 saturated carbocycles. The summed E-state index contributed by atoms with van der Waals surface area (Å²) in [5, 5.41) is 37.0. The van der Waals surface area contributed by atoms with E-state index in [1.54, 1.807) is 7.11 Å². The molecule has 9 nitrogen and oxygen atoms in total. The number of methoxy groups -OCH3 is 1. The van der Waals surface area contributed by atoms with E-state index in [0.29, 0.717) is 38.8 Å². The number of ether oxygens (including phenoxy) is 2. The number of hydrogen-bond acceptors (Lipinski definition) is 8. The first kappa shape index (κ1) is 40.0. The number of β-amino-alcohol motifs (C(OH)–C–C–N with tert-alkyl or cyclic N) is 1. The molecule has 8 N–H and O–H groups in total. The predicted octanol–water partition coefficient (Wildman–Crippen LogP) is 2.51. The molecule has 1 rings (SSSR count). The van der Waals surface area contributed by atoms with Crippen molar-refractivity contribution in [2.75, 3.05) is 39.9 Å². The zero-order valence-electron chi connectivity index (χ0n) is 24.9. The number of rotatable bonds is 15. The van der Waals surface area contributed by atoms with Gasteiger partial charge >= 0.3 is 0 Å². The molecule has 0 heterocycles. The van der Waals surface area contributed by atoms with Gasteiger partial charge in [0.1, 0.15) is 6.61 Å². The van der Waals surface area contributed by atoms with Gasteiger partial charge in [0.2, 0.25) is 0 Å². The van der Waals surface area contributed by atoms with Crippen molar-refractivity contribution in [2.24, 2.45) is 0 Å². The standard InChI is InChI=1S/C13H21NO3.C8H19NO.C7H17NO.H2O/c1-3-11(15)10-14-8-9-17-13-7-5-4-6-12(13)16-2;1-5-7(10)6-9-8(2,3)4;1-4-7(9)5-8-6(2)3;/h4-7,11,14-15H,3,8-10H2,1-2H3;7,9-10H,5-6H2,1-4H3;6-9H,4-5H2,1-3H3;1H2. The van der Waals surface area contributed by atoms with Crippen LogP contribution in [0.15, 0.2) is 24.3 Å². The maximum atomic E-state index is 9.33. The van der Waals surface area contributed by atoms with Gasteiger partial charge in [-0.1, -0.05) is 46.8 Å². The normalized spacial score (nSPS) is 13.2. The van der Waals surface area contributed by atoms with Crippen LogP contribution in [0.3, 0.4) is 0 Å². The Morgan fingerprint density at radius 1 is 0.811 bits per heavy atom. The van der Waals surface area contributed by atoms with Crippen molar-refractivity contribution in [1.29, 1.82) is 0 Å². The zero-order chi connectivity index (χ0) is 28.0. The summed E-state index contributed by atoms with van der Waals surface area (Å²) in [5.74, 6) is 1.48. The van der Waals surface area contributed by atoms with E-state index in [4.69, 9.17) is 19.7 Å². The monoisotopic (exact) mass is 533 g/mol. The molecule has 222 valence electrons. The molecule has 0 radical (unpaired) electrons. The molecule has 9 heteroatoms. The maximum Gasteiger partial charge on any atom is 0.161 e. The Balaban J connectivity index is -0.000000499. The molecule has 1 aromatic carbocycles. The van der Waals surface area contributed by atoms with Crippen molar-refractivity contribution in [2.45, 2.75) is 105 Å². The minimum Gasteiger partial charge on any atom is -0.493 e. The Labute approximate surface area is 226 Å². The lowest BCUT2D eigenvalue weighted by Crippen LogP contribution is -2.40. The highest BCUT2D eigenvalue weighted by Gasteiger charge is 2.10. The summed E-state index contributed by atoms with van der Waals surface area (Å²) in [6, 6.07) is 8.03. The minimum atomic E-state index is -0.277. The van der Waals surface area contributed by atoms with Crippen molar-refractivity contribution in [3.05, 3.63) is 24.3 Å². The predicted molar refractivity (Wildman–Crippen MR) is 155 cm³/mol. The van der Waals surface area contributed by atoms with E-state index >= 15 is 0 Å². The fraction of sp³-hybridized carbons (Fsp3) is 0.786. The van der Waals surface area contributed by atoms with Crippen molar-refractivity contribution in [3.8, 4) is 11.5 Å². The largest absolute Gasteiger partial charge is 0.493 e. The second-order valence-corrected chi connectivity index (χ2v) is 10.1. The lowest BCUT2D eigenvalue weighted by atomic mass is 10.1. The lowest BCUT2D eigenvalue weighted by Gasteiger charge is -2.22. The summed E-state index contributed by atoms with van der Waals surface area (Å²) in [6.45, 7) is 19.6. The molecule has 3 atom stereocenters. The minimum absolute atomic E-state index is 0. The number of nitrogens with one attached hydrogen (secondary N) is 3.